The number of rotatable bonds is 10. The summed E-state index contributed by atoms with van der Waals surface area (Å²) in [6, 6.07) is 0. The van der Waals surface area contributed by atoms with Crippen molar-refractivity contribution in [1.82, 2.24) is 0 Å². The summed E-state index contributed by atoms with van der Waals surface area (Å²) in [5.41, 5.74) is 0. The van der Waals surface area contributed by atoms with Gasteiger partial charge >= 0.3 is 0 Å². The first-order valence-electron chi connectivity index (χ1n) is 14.3. The molecule has 0 saturated heterocycles. The van der Waals surface area contributed by atoms with Crippen molar-refractivity contribution in [2.24, 2.45) is 41.4 Å². The van der Waals surface area contributed by atoms with Gasteiger partial charge in [-0.25, -0.2) is 8.78 Å². The zero-order chi connectivity index (χ0) is 22.2. The van der Waals surface area contributed by atoms with Gasteiger partial charge in [-0.15, -0.1) is 0 Å². The molecule has 0 spiro atoms. The molecule has 0 aliphatic heterocycles. The Morgan fingerprint density at radius 3 is 1.65 bits per heavy atom. The number of halogens is 2. The maximum atomic E-state index is 14.7. The van der Waals surface area contributed by atoms with Crippen LogP contribution in [-0.2, 0) is 0 Å². The molecule has 0 nitrogen and oxygen atoms in total. The lowest BCUT2D eigenvalue weighted by Gasteiger charge is -2.38. The van der Waals surface area contributed by atoms with Crippen molar-refractivity contribution in [1.29, 1.82) is 0 Å². The van der Waals surface area contributed by atoms with Crippen molar-refractivity contribution in [2.75, 3.05) is 0 Å². The van der Waals surface area contributed by atoms with Gasteiger partial charge in [0.15, 0.2) is 0 Å². The Balaban J connectivity index is 1.34. The quantitative estimate of drug-likeness (QED) is 0.318. The lowest BCUT2D eigenvalue weighted by Crippen LogP contribution is -2.34. The number of hydrogen-bond donors (Lipinski definition) is 0. The molecule has 0 N–H and O–H groups in total. The van der Waals surface area contributed by atoms with Crippen LogP contribution in [0.2, 0.25) is 0 Å². The van der Waals surface area contributed by atoms with Crippen molar-refractivity contribution in [2.45, 2.75) is 142 Å². The standard InChI is InChI=1S/C29H52F2/c1-4-6-27(29(31)28(30)5-2)26-19-13-23(14-20-26)10-9-22-11-17-25(18-12-22)24-15-7-21(3)8-16-24/h21-29H,4-20H2,1-3H3. The van der Waals surface area contributed by atoms with Crippen LogP contribution in [0.3, 0.4) is 0 Å². The van der Waals surface area contributed by atoms with Gasteiger partial charge < -0.3 is 0 Å². The highest BCUT2D eigenvalue weighted by Crippen LogP contribution is 2.44. The largest absolute Gasteiger partial charge is 0.244 e. The third kappa shape index (κ3) is 7.43. The van der Waals surface area contributed by atoms with E-state index in [0.717, 1.165) is 55.3 Å². The van der Waals surface area contributed by atoms with E-state index in [1.807, 2.05) is 0 Å². The third-order valence-corrected chi connectivity index (χ3v) is 9.87. The van der Waals surface area contributed by atoms with Crippen LogP contribution in [-0.4, -0.2) is 12.3 Å². The lowest BCUT2D eigenvalue weighted by atomic mass is 9.68. The number of alkyl halides is 2. The molecule has 0 aromatic rings. The van der Waals surface area contributed by atoms with Gasteiger partial charge in [0.05, 0.1) is 0 Å². The average Bonchev–Trinajstić information content (AvgIpc) is 2.81. The van der Waals surface area contributed by atoms with Crippen LogP contribution < -0.4 is 0 Å². The Labute approximate surface area is 192 Å². The fourth-order valence-corrected chi connectivity index (χ4v) is 7.56. The lowest BCUT2D eigenvalue weighted by molar-refractivity contribution is 0.0486. The smallest absolute Gasteiger partial charge is 0.134 e. The first-order chi connectivity index (χ1) is 15.0. The minimum Gasteiger partial charge on any atom is -0.244 e. The summed E-state index contributed by atoms with van der Waals surface area (Å²) in [6.45, 7) is 6.33. The highest BCUT2D eigenvalue weighted by atomic mass is 19.2. The van der Waals surface area contributed by atoms with E-state index < -0.39 is 12.3 Å². The van der Waals surface area contributed by atoms with E-state index in [4.69, 9.17) is 0 Å². The Morgan fingerprint density at radius 1 is 0.677 bits per heavy atom. The summed E-state index contributed by atoms with van der Waals surface area (Å²) in [5.74, 6) is 5.24. The molecule has 3 unspecified atom stereocenters. The molecule has 182 valence electrons. The SMILES string of the molecule is CCCC(C1CCC(CCC2CCC(C3CCC(C)CC3)CC2)CC1)C(F)C(F)CC. The van der Waals surface area contributed by atoms with E-state index in [-0.39, 0.29) is 5.92 Å². The van der Waals surface area contributed by atoms with E-state index in [1.165, 1.54) is 77.0 Å². The van der Waals surface area contributed by atoms with Gasteiger partial charge in [0.2, 0.25) is 0 Å². The highest BCUT2D eigenvalue weighted by molar-refractivity contribution is 4.86. The van der Waals surface area contributed by atoms with E-state index in [2.05, 4.69) is 13.8 Å². The molecule has 3 aliphatic carbocycles. The summed E-state index contributed by atoms with van der Waals surface area (Å²) in [6.07, 6.45) is 19.1. The first-order valence-corrected chi connectivity index (χ1v) is 14.3. The predicted molar refractivity (Wildman–Crippen MR) is 130 cm³/mol. The van der Waals surface area contributed by atoms with Crippen molar-refractivity contribution < 1.29 is 8.78 Å². The third-order valence-electron chi connectivity index (χ3n) is 9.87. The summed E-state index contributed by atoms with van der Waals surface area (Å²) < 4.78 is 28.8. The van der Waals surface area contributed by atoms with Gasteiger partial charge in [-0.3, -0.25) is 0 Å². The first kappa shape index (κ1) is 25.5. The van der Waals surface area contributed by atoms with E-state index in [9.17, 15) is 8.78 Å². The Morgan fingerprint density at radius 2 is 1.16 bits per heavy atom. The molecular formula is C29H52F2. The van der Waals surface area contributed by atoms with Crippen LogP contribution in [0.4, 0.5) is 8.78 Å². The monoisotopic (exact) mass is 438 g/mol. The molecule has 0 amide bonds. The fourth-order valence-electron chi connectivity index (χ4n) is 7.56. The molecule has 2 heteroatoms. The van der Waals surface area contributed by atoms with Gasteiger partial charge in [-0.1, -0.05) is 78.6 Å². The zero-order valence-electron chi connectivity index (χ0n) is 21.0. The topological polar surface area (TPSA) is 0 Å². The predicted octanol–water partition coefficient (Wildman–Crippen LogP) is 9.71. The molecule has 0 heterocycles. The summed E-state index contributed by atoms with van der Waals surface area (Å²) in [4.78, 5) is 0. The second-order valence-corrected chi connectivity index (χ2v) is 12.0. The summed E-state index contributed by atoms with van der Waals surface area (Å²) in [5, 5.41) is 0. The zero-order valence-corrected chi connectivity index (χ0v) is 21.0. The van der Waals surface area contributed by atoms with Crippen molar-refractivity contribution in [3.63, 3.8) is 0 Å². The van der Waals surface area contributed by atoms with E-state index >= 15 is 0 Å². The van der Waals surface area contributed by atoms with Gasteiger partial charge in [0.1, 0.15) is 12.3 Å². The Hall–Kier alpha value is -0.140. The molecule has 0 bridgehead atoms. The normalized spacial score (nSPS) is 37.8. The van der Waals surface area contributed by atoms with Crippen molar-refractivity contribution >= 4 is 0 Å². The molecule has 0 radical (unpaired) electrons. The van der Waals surface area contributed by atoms with E-state index in [0.29, 0.717) is 12.3 Å². The van der Waals surface area contributed by atoms with Gasteiger partial charge in [-0.05, 0) is 92.8 Å². The molecule has 31 heavy (non-hydrogen) atoms. The maximum Gasteiger partial charge on any atom is 0.134 e. The van der Waals surface area contributed by atoms with Crippen molar-refractivity contribution in [3.05, 3.63) is 0 Å². The van der Waals surface area contributed by atoms with Crippen molar-refractivity contribution in [3.8, 4) is 0 Å². The number of hydrogen-bond acceptors (Lipinski definition) is 0. The molecule has 3 fully saturated rings. The average molecular weight is 439 g/mol. The van der Waals surface area contributed by atoms with Crippen LogP contribution in [0.25, 0.3) is 0 Å². The Bertz CT molecular complexity index is 467. The van der Waals surface area contributed by atoms with Gasteiger partial charge in [0, 0.05) is 0 Å². The molecule has 3 atom stereocenters. The molecule has 3 saturated carbocycles. The molecule has 3 rings (SSSR count). The van der Waals surface area contributed by atoms with Crippen LogP contribution in [0, 0.1) is 41.4 Å². The fraction of sp³-hybridized carbons (Fsp3) is 1.00. The van der Waals surface area contributed by atoms with Crippen LogP contribution >= 0.6 is 0 Å². The minimum atomic E-state index is -1.26. The molecule has 0 aromatic carbocycles. The molecular weight excluding hydrogens is 386 g/mol. The minimum absolute atomic E-state index is 0.0426. The van der Waals surface area contributed by atoms with E-state index in [1.54, 1.807) is 6.92 Å². The maximum absolute atomic E-state index is 14.7. The molecule has 3 aliphatic rings. The summed E-state index contributed by atoms with van der Waals surface area (Å²) >= 11 is 0. The van der Waals surface area contributed by atoms with Crippen LogP contribution in [0.1, 0.15) is 130 Å². The molecule has 0 aromatic heterocycles. The van der Waals surface area contributed by atoms with Crippen LogP contribution in [0.15, 0.2) is 0 Å². The van der Waals surface area contributed by atoms with Crippen LogP contribution in [0.5, 0.6) is 0 Å². The van der Waals surface area contributed by atoms with Gasteiger partial charge in [-0.2, -0.15) is 0 Å². The second kappa shape index (κ2) is 12.9. The second-order valence-electron chi connectivity index (χ2n) is 12.0. The highest BCUT2D eigenvalue weighted by Gasteiger charge is 2.36. The summed E-state index contributed by atoms with van der Waals surface area (Å²) in [7, 11) is 0. The van der Waals surface area contributed by atoms with Gasteiger partial charge in [0.25, 0.3) is 0 Å². The Kier molecular flexibility index (Phi) is 10.6.